The number of hydrogen-bond acceptors (Lipinski definition) is 2. The number of ether oxygens (including phenoxy) is 1. The molecule has 0 aliphatic heterocycles. The highest BCUT2D eigenvalue weighted by atomic mass is 16.5. The summed E-state index contributed by atoms with van der Waals surface area (Å²) in [4.78, 5) is 0. The Bertz CT molecular complexity index is 613. The molecule has 21 heavy (non-hydrogen) atoms. The lowest BCUT2D eigenvalue weighted by atomic mass is 9.92. The van der Waals surface area contributed by atoms with E-state index in [1.54, 1.807) is 7.11 Å². The van der Waals surface area contributed by atoms with Crippen molar-refractivity contribution in [3.63, 3.8) is 0 Å². The average Bonchev–Trinajstić information content (AvgIpc) is 2.56. The number of nitriles is 1. The smallest absolute Gasteiger partial charge is 0.122 e. The molecule has 2 heteroatoms. The lowest BCUT2D eigenvalue weighted by molar-refractivity contribution is 0.410. The van der Waals surface area contributed by atoms with Gasteiger partial charge in [0.1, 0.15) is 5.75 Å². The predicted molar refractivity (Wildman–Crippen MR) is 85.5 cm³/mol. The van der Waals surface area contributed by atoms with Crippen molar-refractivity contribution in [1.82, 2.24) is 0 Å². The topological polar surface area (TPSA) is 33.0 Å². The third-order valence-electron chi connectivity index (χ3n) is 3.81. The Morgan fingerprint density at radius 2 is 1.90 bits per heavy atom. The van der Waals surface area contributed by atoms with Crippen LogP contribution in [0.4, 0.5) is 0 Å². The van der Waals surface area contributed by atoms with Gasteiger partial charge in [0.15, 0.2) is 0 Å². The van der Waals surface area contributed by atoms with Gasteiger partial charge in [-0.3, -0.25) is 0 Å². The second-order valence-electron chi connectivity index (χ2n) is 5.13. The van der Waals surface area contributed by atoms with Crippen molar-refractivity contribution >= 4 is 0 Å². The van der Waals surface area contributed by atoms with E-state index in [4.69, 9.17) is 4.74 Å². The number of nitrogens with zero attached hydrogens (tertiary/aromatic N) is 1. The van der Waals surface area contributed by atoms with Crippen LogP contribution in [0.3, 0.4) is 0 Å². The highest BCUT2D eigenvalue weighted by Crippen LogP contribution is 2.27. The van der Waals surface area contributed by atoms with E-state index in [0.29, 0.717) is 0 Å². The molecule has 0 spiro atoms. The highest BCUT2D eigenvalue weighted by Gasteiger charge is 2.13. The van der Waals surface area contributed by atoms with Gasteiger partial charge in [0.2, 0.25) is 0 Å². The Labute approximate surface area is 127 Å². The largest absolute Gasteiger partial charge is 0.496 e. The molecule has 1 unspecified atom stereocenters. The van der Waals surface area contributed by atoms with Crippen LogP contribution in [0.1, 0.15) is 36.0 Å². The third-order valence-corrected chi connectivity index (χ3v) is 3.81. The number of aryl methyl sites for hydroxylation is 2. The lowest BCUT2D eigenvalue weighted by Gasteiger charge is -2.13. The zero-order valence-electron chi connectivity index (χ0n) is 12.7. The molecule has 0 aromatic heterocycles. The zero-order valence-corrected chi connectivity index (χ0v) is 12.7. The normalized spacial score (nSPS) is 11.7. The van der Waals surface area contributed by atoms with Crippen LogP contribution in [-0.2, 0) is 12.8 Å². The van der Waals surface area contributed by atoms with E-state index in [-0.39, 0.29) is 5.92 Å². The first-order valence-corrected chi connectivity index (χ1v) is 7.38. The minimum absolute atomic E-state index is 0.0681. The van der Waals surface area contributed by atoms with E-state index in [0.717, 1.165) is 36.1 Å². The minimum Gasteiger partial charge on any atom is -0.496 e. The van der Waals surface area contributed by atoms with Gasteiger partial charge >= 0.3 is 0 Å². The third kappa shape index (κ3) is 3.86. The minimum atomic E-state index is -0.0681. The Kier molecular flexibility index (Phi) is 5.40. The molecule has 0 N–H and O–H groups in total. The molecule has 2 aromatic carbocycles. The molecule has 0 saturated carbocycles. The SMILES string of the molecule is CCc1cc(C(C#N)CCc2ccccc2)ccc1OC. The molecule has 0 saturated heterocycles. The summed E-state index contributed by atoms with van der Waals surface area (Å²) in [6.07, 6.45) is 2.68. The summed E-state index contributed by atoms with van der Waals surface area (Å²) in [5.41, 5.74) is 3.53. The molecule has 0 heterocycles. The van der Waals surface area contributed by atoms with Gasteiger partial charge in [0.25, 0.3) is 0 Å². The summed E-state index contributed by atoms with van der Waals surface area (Å²) in [6, 6.07) is 18.8. The number of benzene rings is 2. The van der Waals surface area contributed by atoms with E-state index in [2.05, 4.69) is 31.2 Å². The quantitative estimate of drug-likeness (QED) is 0.780. The fraction of sp³-hybridized carbons (Fsp3) is 0.316. The first kappa shape index (κ1) is 15.1. The van der Waals surface area contributed by atoms with Crippen molar-refractivity contribution in [3.8, 4) is 11.8 Å². The van der Waals surface area contributed by atoms with Gasteiger partial charge in [-0.25, -0.2) is 0 Å². The van der Waals surface area contributed by atoms with Crippen molar-refractivity contribution in [3.05, 3.63) is 65.2 Å². The van der Waals surface area contributed by atoms with Gasteiger partial charge in [0, 0.05) is 0 Å². The van der Waals surface area contributed by atoms with E-state index in [1.165, 1.54) is 5.56 Å². The van der Waals surface area contributed by atoms with Gasteiger partial charge < -0.3 is 4.74 Å². The van der Waals surface area contributed by atoms with Crippen LogP contribution in [0.2, 0.25) is 0 Å². The summed E-state index contributed by atoms with van der Waals surface area (Å²) >= 11 is 0. The van der Waals surface area contributed by atoms with Gasteiger partial charge in [-0.05, 0) is 42.0 Å². The van der Waals surface area contributed by atoms with Crippen LogP contribution < -0.4 is 4.74 Å². The second-order valence-corrected chi connectivity index (χ2v) is 5.13. The molecule has 0 radical (unpaired) electrons. The Balaban J connectivity index is 2.12. The molecule has 0 aliphatic carbocycles. The summed E-state index contributed by atoms with van der Waals surface area (Å²) in [5.74, 6) is 0.836. The lowest BCUT2D eigenvalue weighted by Crippen LogP contribution is -2.00. The molecule has 108 valence electrons. The molecule has 0 aliphatic rings. The first-order valence-electron chi connectivity index (χ1n) is 7.38. The maximum Gasteiger partial charge on any atom is 0.122 e. The molecular formula is C19H21NO. The Morgan fingerprint density at radius 3 is 2.52 bits per heavy atom. The van der Waals surface area contributed by atoms with Crippen LogP contribution in [-0.4, -0.2) is 7.11 Å². The number of hydrogen-bond donors (Lipinski definition) is 0. The fourth-order valence-corrected chi connectivity index (χ4v) is 2.55. The van der Waals surface area contributed by atoms with Gasteiger partial charge in [-0.1, -0.05) is 49.4 Å². The van der Waals surface area contributed by atoms with Crippen LogP contribution in [0, 0.1) is 11.3 Å². The predicted octanol–water partition coefficient (Wildman–Crippen LogP) is 4.50. The maximum absolute atomic E-state index is 9.47. The van der Waals surface area contributed by atoms with Crippen molar-refractivity contribution in [2.24, 2.45) is 0 Å². The van der Waals surface area contributed by atoms with E-state index in [9.17, 15) is 5.26 Å². The van der Waals surface area contributed by atoms with Crippen LogP contribution >= 0.6 is 0 Å². The monoisotopic (exact) mass is 279 g/mol. The van der Waals surface area contributed by atoms with E-state index >= 15 is 0 Å². The summed E-state index contributed by atoms with van der Waals surface area (Å²) in [5, 5.41) is 9.47. The van der Waals surface area contributed by atoms with Crippen LogP contribution in [0.25, 0.3) is 0 Å². The van der Waals surface area contributed by atoms with Gasteiger partial charge in [-0.15, -0.1) is 0 Å². The van der Waals surface area contributed by atoms with E-state index < -0.39 is 0 Å². The molecule has 1 atom stereocenters. The van der Waals surface area contributed by atoms with Crippen molar-refractivity contribution < 1.29 is 4.74 Å². The fourth-order valence-electron chi connectivity index (χ4n) is 2.55. The van der Waals surface area contributed by atoms with Crippen molar-refractivity contribution in [2.75, 3.05) is 7.11 Å². The summed E-state index contributed by atoms with van der Waals surface area (Å²) < 4.78 is 5.35. The Hall–Kier alpha value is -2.27. The van der Waals surface area contributed by atoms with Gasteiger partial charge in [0.05, 0.1) is 19.1 Å². The molecule has 2 aromatic rings. The highest BCUT2D eigenvalue weighted by molar-refractivity contribution is 5.40. The van der Waals surface area contributed by atoms with Crippen molar-refractivity contribution in [1.29, 1.82) is 5.26 Å². The Morgan fingerprint density at radius 1 is 1.14 bits per heavy atom. The number of methoxy groups -OCH3 is 1. The van der Waals surface area contributed by atoms with Crippen LogP contribution in [0.15, 0.2) is 48.5 Å². The summed E-state index contributed by atoms with van der Waals surface area (Å²) in [6.45, 7) is 2.10. The molecule has 2 nitrogen and oxygen atoms in total. The first-order chi connectivity index (χ1) is 10.3. The van der Waals surface area contributed by atoms with Crippen LogP contribution in [0.5, 0.6) is 5.75 Å². The molecule has 0 fully saturated rings. The molecular weight excluding hydrogens is 258 g/mol. The maximum atomic E-state index is 9.47. The average molecular weight is 279 g/mol. The number of rotatable bonds is 6. The van der Waals surface area contributed by atoms with Crippen molar-refractivity contribution in [2.45, 2.75) is 32.1 Å². The zero-order chi connectivity index (χ0) is 15.1. The standard InChI is InChI=1S/C19H21NO/c1-3-16-13-17(11-12-19(16)21-2)18(14-20)10-9-15-7-5-4-6-8-15/h4-8,11-13,18H,3,9-10H2,1-2H3. The van der Waals surface area contributed by atoms with E-state index in [1.807, 2.05) is 30.3 Å². The second kappa shape index (κ2) is 7.50. The van der Waals surface area contributed by atoms with Gasteiger partial charge in [-0.2, -0.15) is 5.26 Å². The molecule has 0 bridgehead atoms. The molecule has 0 amide bonds. The summed E-state index contributed by atoms with van der Waals surface area (Å²) in [7, 11) is 1.69. The molecule has 2 rings (SSSR count).